The Bertz CT molecular complexity index is 163. The molecule has 4 nitrogen and oxygen atoms in total. The maximum atomic E-state index is 5.63. The van der Waals surface area contributed by atoms with E-state index in [4.69, 9.17) is 10.5 Å². The van der Waals surface area contributed by atoms with Crippen LogP contribution in [-0.2, 0) is 4.74 Å². The van der Waals surface area contributed by atoms with E-state index in [1.807, 2.05) is 13.8 Å². The third-order valence-electron chi connectivity index (χ3n) is 1.73. The van der Waals surface area contributed by atoms with Gasteiger partial charge in [0.1, 0.15) is 0 Å². The van der Waals surface area contributed by atoms with Crippen molar-refractivity contribution in [3.63, 3.8) is 0 Å². The quantitative estimate of drug-likeness (QED) is 0.324. The van der Waals surface area contributed by atoms with Crippen LogP contribution in [0.2, 0.25) is 0 Å². The predicted octanol–water partition coefficient (Wildman–Crippen LogP) is 1.73. The molecule has 0 saturated heterocycles. The Balaban J connectivity index is 0. The normalized spacial score (nSPS) is 11.3. The van der Waals surface area contributed by atoms with Crippen LogP contribution < -0.4 is 11.1 Å². The summed E-state index contributed by atoms with van der Waals surface area (Å²) >= 11 is 0. The maximum Gasteiger partial charge on any atom is 0.188 e. The van der Waals surface area contributed by atoms with Crippen molar-refractivity contribution in [2.75, 3.05) is 20.3 Å². The molecule has 0 rings (SSSR count). The second kappa shape index (κ2) is 12.0. The first-order chi connectivity index (χ1) is 6.66. The molecule has 5 heteroatoms. The number of rotatable bonds is 7. The molecule has 0 fully saturated rings. The van der Waals surface area contributed by atoms with Crippen LogP contribution >= 0.6 is 24.0 Å². The van der Waals surface area contributed by atoms with Crippen molar-refractivity contribution in [3.8, 4) is 0 Å². The molecule has 0 unspecified atom stereocenters. The smallest absolute Gasteiger partial charge is 0.188 e. The van der Waals surface area contributed by atoms with Crippen molar-refractivity contribution in [2.45, 2.75) is 39.2 Å². The SMILES string of the molecule is COCCCCCN=C(N)NC(C)C.I. The summed E-state index contributed by atoms with van der Waals surface area (Å²) in [5, 5.41) is 3.05. The van der Waals surface area contributed by atoms with Crippen LogP contribution in [0.15, 0.2) is 4.99 Å². The number of nitrogens with one attached hydrogen (secondary N) is 1. The lowest BCUT2D eigenvalue weighted by Crippen LogP contribution is -2.36. The number of aliphatic imine (C=N–C) groups is 1. The molecule has 0 heterocycles. The Morgan fingerprint density at radius 1 is 1.33 bits per heavy atom. The Morgan fingerprint density at radius 3 is 2.53 bits per heavy atom. The number of guanidine groups is 1. The summed E-state index contributed by atoms with van der Waals surface area (Å²) in [6, 6.07) is 0.354. The zero-order valence-corrected chi connectivity index (χ0v) is 12.3. The second-order valence-corrected chi connectivity index (χ2v) is 3.62. The number of unbranched alkanes of at least 4 members (excludes halogenated alkanes) is 2. The van der Waals surface area contributed by atoms with Crippen LogP contribution in [-0.4, -0.2) is 32.3 Å². The highest BCUT2D eigenvalue weighted by Gasteiger charge is 1.94. The van der Waals surface area contributed by atoms with Gasteiger partial charge in [0.25, 0.3) is 0 Å². The van der Waals surface area contributed by atoms with Gasteiger partial charge in [-0.05, 0) is 33.1 Å². The van der Waals surface area contributed by atoms with Gasteiger partial charge in [-0.3, -0.25) is 4.99 Å². The van der Waals surface area contributed by atoms with E-state index in [0.717, 1.165) is 32.4 Å². The summed E-state index contributed by atoms with van der Waals surface area (Å²) in [5.74, 6) is 0.548. The van der Waals surface area contributed by atoms with Gasteiger partial charge in [-0.15, -0.1) is 24.0 Å². The minimum atomic E-state index is 0. The zero-order chi connectivity index (χ0) is 10.8. The number of hydrogen-bond acceptors (Lipinski definition) is 2. The van der Waals surface area contributed by atoms with Crippen molar-refractivity contribution in [1.29, 1.82) is 0 Å². The topological polar surface area (TPSA) is 59.6 Å². The second-order valence-electron chi connectivity index (χ2n) is 3.62. The molecule has 0 amide bonds. The predicted molar refractivity (Wildman–Crippen MR) is 75.9 cm³/mol. The first kappa shape index (κ1) is 17.4. The van der Waals surface area contributed by atoms with Gasteiger partial charge >= 0.3 is 0 Å². The van der Waals surface area contributed by atoms with E-state index >= 15 is 0 Å². The minimum Gasteiger partial charge on any atom is -0.385 e. The van der Waals surface area contributed by atoms with Gasteiger partial charge in [0.15, 0.2) is 5.96 Å². The Morgan fingerprint density at radius 2 is 2.00 bits per heavy atom. The van der Waals surface area contributed by atoms with Crippen LogP contribution in [0.3, 0.4) is 0 Å². The summed E-state index contributed by atoms with van der Waals surface area (Å²) in [4.78, 5) is 4.20. The standard InChI is InChI=1S/C10H23N3O.HI/c1-9(2)13-10(11)12-7-5-4-6-8-14-3;/h9H,4-8H2,1-3H3,(H3,11,12,13);1H. The molecule has 0 aromatic carbocycles. The van der Waals surface area contributed by atoms with Gasteiger partial charge in [0.05, 0.1) is 0 Å². The van der Waals surface area contributed by atoms with Gasteiger partial charge in [-0.1, -0.05) is 0 Å². The Kier molecular flexibility index (Phi) is 13.9. The molecule has 0 saturated carbocycles. The fraction of sp³-hybridized carbons (Fsp3) is 0.900. The van der Waals surface area contributed by atoms with E-state index in [-0.39, 0.29) is 24.0 Å². The molecule has 0 spiro atoms. The van der Waals surface area contributed by atoms with Crippen LogP contribution in [0.4, 0.5) is 0 Å². The van der Waals surface area contributed by atoms with E-state index in [1.54, 1.807) is 7.11 Å². The molecule has 0 aromatic rings. The molecule has 0 aliphatic rings. The van der Waals surface area contributed by atoms with Gasteiger partial charge in [0.2, 0.25) is 0 Å². The van der Waals surface area contributed by atoms with Crippen molar-refractivity contribution >= 4 is 29.9 Å². The molecule has 92 valence electrons. The average molecular weight is 329 g/mol. The third-order valence-corrected chi connectivity index (χ3v) is 1.73. The highest BCUT2D eigenvalue weighted by Crippen LogP contribution is 1.95. The number of halogens is 1. The Hall–Kier alpha value is -0.0400. The zero-order valence-electron chi connectivity index (χ0n) is 9.95. The van der Waals surface area contributed by atoms with Gasteiger partial charge in [0, 0.05) is 26.3 Å². The van der Waals surface area contributed by atoms with Gasteiger partial charge in [-0.25, -0.2) is 0 Å². The average Bonchev–Trinajstić information content (AvgIpc) is 2.10. The monoisotopic (exact) mass is 329 g/mol. The van der Waals surface area contributed by atoms with E-state index < -0.39 is 0 Å². The molecule has 0 bridgehead atoms. The lowest BCUT2D eigenvalue weighted by atomic mass is 10.2. The Labute approximate surface area is 110 Å². The number of hydrogen-bond donors (Lipinski definition) is 2. The first-order valence-corrected chi connectivity index (χ1v) is 5.22. The number of ether oxygens (including phenoxy) is 1. The molecule has 15 heavy (non-hydrogen) atoms. The molecular weight excluding hydrogens is 305 g/mol. The summed E-state index contributed by atoms with van der Waals surface area (Å²) < 4.78 is 4.95. The number of nitrogens with zero attached hydrogens (tertiary/aromatic N) is 1. The third kappa shape index (κ3) is 14.0. The highest BCUT2D eigenvalue weighted by molar-refractivity contribution is 14.0. The van der Waals surface area contributed by atoms with E-state index in [1.165, 1.54) is 0 Å². The molecule has 0 aliphatic heterocycles. The maximum absolute atomic E-state index is 5.63. The van der Waals surface area contributed by atoms with Crippen LogP contribution in [0.1, 0.15) is 33.1 Å². The largest absolute Gasteiger partial charge is 0.385 e. The fourth-order valence-electron chi connectivity index (χ4n) is 1.08. The lowest BCUT2D eigenvalue weighted by molar-refractivity contribution is 0.192. The van der Waals surface area contributed by atoms with Crippen molar-refractivity contribution in [3.05, 3.63) is 0 Å². The molecular formula is C10H24IN3O. The van der Waals surface area contributed by atoms with Crippen LogP contribution in [0, 0.1) is 0 Å². The van der Waals surface area contributed by atoms with Crippen LogP contribution in [0.25, 0.3) is 0 Å². The van der Waals surface area contributed by atoms with Crippen LogP contribution in [0.5, 0.6) is 0 Å². The first-order valence-electron chi connectivity index (χ1n) is 5.22. The fourth-order valence-corrected chi connectivity index (χ4v) is 1.08. The van der Waals surface area contributed by atoms with E-state index in [2.05, 4.69) is 10.3 Å². The van der Waals surface area contributed by atoms with E-state index in [9.17, 15) is 0 Å². The van der Waals surface area contributed by atoms with Gasteiger partial charge < -0.3 is 15.8 Å². The van der Waals surface area contributed by atoms with Gasteiger partial charge in [-0.2, -0.15) is 0 Å². The summed E-state index contributed by atoms with van der Waals surface area (Å²) in [5.41, 5.74) is 5.63. The molecule has 0 atom stereocenters. The number of nitrogens with two attached hydrogens (primary N) is 1. The van der Waals surface area contributed by atoms with Crippen molar-refractivity contribution < 1.29 is 4.74 Å². The minimum absolute atomic E-state index is 0. The molecule has 0 aromatic heterocycles. The summed E-state index contributed by atoms with van der Waals surface area (Å²) in [6.07, 6.45) is 3.32. The number of methoxy groups -OCH3 is 1. The summed E-state index contributed by atoms with van der Waals surface area (Å²) in [7, 11) is 1.72. The molecule has 0 aliphatic carbocycles. The highest BCUT2D eigenvalue weighted by atomic mass is 127. The van der Waals surface area contributed by atoms with Crippen molar-refractivity contribution in [2.24, 2.45) is 10.7 Å². The molecule has 3 N–H and O–H groups in total. The summed E-state index contributed by atoms with van der Waals surface area (Å²) in [6.45, 7) is 5.72. The lowest BCUT2D eigenvalue weighted by Gasteiger charge is -2.08. The molecule has 0 radical (unpaired) electrons. The van der Waals surface area contributed by atoms with Crippen molar-refractivity contribution in [1.82, 2.24) is 5.32 Å². The van der Waals surface area contributed by atoms with E-state index in [0.29, 0.717) is 12.0 Å².